The predicted molar refractivity (Wildman–Crippen MR) is 84.7 cm³/mol. The highest BCUT2D eigenvalue weighted by Gasteiger charge is 2.55. The fourth-order valence-corrected chi connectivity index (χ4v) is 4.40. The third-order valence-electron chi connectivity index (χ3n) is 5.31. The van der Waals surface area contributed by atoms with E-state index in [4.69, 9.17) is 0 Å². The molecule has 0 amide bonds. The summed E-state index contributed by atoms with van der Waals surface area (Å²) < 4.78 is 0. The van der Waals surface area contributed by atoms with Crippen molar-refractivity contribution >= 4 is 11.6 Å². The minimum atomic E-state index is -0.0486. The molecule has 2 fully saturated rings. The van der Waals surface area contributed by atoms with Gasteiger partial charge >= 0.3 is 0 Å². The lowest BCUT2D eigenvalue weighted by atomic mass is 9.72. The second-order valence-corrected chi connectivity index (χ2v) is 6.47. The normalized spacial score (nSPS) is 29.7. The molecule has 2 bridgehead atoms. The highest BCUT2D eigenvalue weighted by molar-refractivity contribution is 6.01. The highest BCUT2D eigenvalue weighted by atomic mass is 16.1. The molecule has 0 saturated heterocycles. The van der Waals surface area contributed by atoms with Crippen LogP contribution in [0, 0.1) is 17.8 Å². The van der Waals surface area contributed by atoms with Crippen LogP contribution in [-0.2, 0) is 4.79 Å². The fourth-order valence-electron chi connectivity index (χ4n) is 4.40. The maximum absolute atomic E-state index is 13.0. The molecule has 0 unspecified atom stereocenters. The van der Waals surface area contributed by atoms with Gasteiger partial charge in [-0.3, -0.25) is 9.59 Å². The predicted octanol–water partition coefficient (Wildman–Crippen LogP) is 3.88. The second kappa shape index (κ2) is 5.20. The lowest BCUT2D eigenvalue weighted by Crippen LogP contribution is -2.32. The standard InChI is InChI=1S/C20H18O2/c21-17-12-15-11-16(17)18(13-7-3-1-4-8-13)19(15)20(22)14-9-5-2-6-10-14/h1-10,15-16,18-19H,11-12H2/t15-,16+,18+,19+/m0/s1. The Hall–Kier alpha value is -2.22. The summed E-state index contributed by atoms with van der Waals surface area (Å²) in [6.07, 6.45) is 1.46. The Labute approximate surface area is 130 Å². The van der Waals surface area contributed by atoms with Gasteiger partial charge in [-0.05, 0) is 17.9 Å². The number of hydrogen-bond donors (Lipinski definition) is 0. The van der Waals surface area contributed by atoms with E-state index in [1.54, 1.807) is 0 Å². The first-order valence-electron chi connectivity index (χ1n) is 7.92. The van der Waals surface area contributed by atoms with E-state index in [0.29, 0.717) is 12.2 Å². The number of rotatable bonds is 3. The van der Waals surface area contributed by atoms with E-state index in [1.165, 1.54) is 0 Å². The molecule has 2 aliphatic carbocycles. The van der Waals surface area contributed by atoms with Gasteiger partial charge in [0.15, 0.2) is 5.78 Å². The van der Waals surface area contributed by atoms with E-state index < -0.39 is 0 Å². The van der Waals surface area contributed by atoms with Gasteiger partial charge in [0.05, 0.1) is 0 Å². The van der Waals surface area contributed by atoms with Gasteiger partial charge in [0.25, 0.3) is 0 Å². The molecule has 4 atom stereocenters. The largest absolute Gasteiger partial charge is 0.299 e. The SMILES string of the molecule is O=C(c1ccccc1)[C@@H]1[C@@H]2CC(=O)[C@@H](C2)[C@H]1c1ccccc1. The average Bonchev–Trinajstić information content (AvgIpc) is 3.12. The van der Waals surface area contributed by atoms with Crippen LogP contribution in [0.2, 0.25) is 0 Å². The summed E-state index contributed by atoms with van der Waals surface area (Å²) in [4.78, 5) is 25.2. The molecule has 4 rings (SSSR count). The van der Waals surface area contributed by atoms with E-state index in [9.17, 15) is 9.59 Å². The summed E-state index contributed by atoms with van der Waals surface area (Å²) in [6, 6.07) is 19.6. The van der Waals surface area contributed by atoms with Crippen molar-refractivity contribution in [3.63, 3.8) is 0 Å². The number of benzene rings is 2. The van der Waals surface area contributed by atoms with E-state index in [2.05, 4.69) is 12.1 Å². The van der Waals surface area contributed by atoms with Gasteiger partial charge in [0, 0.05) is 29.7 Å². The van der Waals surface area contributed by atoms with Gasteiger partial charge in [-0.1, -0.05) is 60.7 Å². The van der Waals surface area contributed by atoms with Crippen LogP contribution in [0.1, 0.15) is 34.7 Å². The first kappa shape index (κ1) is 13.4. The Kier molecular flexibility index (Phi) is 3.18. The van der Waals surface area contributed by atoms with Crippen LogP contribution in [0.3, 0.4) is 0 Å². The summed E-state index contributed by atoms with van der Waals surface area (Å²) in [5.41, 5.74) is 1.91. The van der Waals surface area contributed by atoms with Crippen molar-refractivity contribution in [2.75, 3.05) is 0 Å². The maximum atomic E-state index is 13.0. The molecule has 0 radical (unpaired) electrons. The summed E-state index contributed by atoms with van der Waals surface area (Å²) in [6.45, 7) is 0. The van der Waals surface area contributed by atoms with Crippen LogP contribution in [0.15, 0.2) is 60.7 Å². The highest BCUT2D eigenvalue weighted by Crippen LogP contribution is 2.55. The molecule has 0 spiro atoms. The third kappa shape index (κ3) is 2.02. The van der Waals surface area contributed by atoms with Crippen LogP contribution in [-0.4, -0.2) is 11.6 Å². The number of Topliss-reactive ketones (excluding diaryl/α,β-unsaturated/α-hetero) is 2. The van der Waals surface area contributed by atoms with E-state index in [0.717, 1.165) is 17.5 Å². The average molecular weight is 290 g/mol. The topological polar surface area (TPSA) is 34.1 Å². The number of hydrogen-bond acceptors (Lipinski definition) is 2. The third-order valence-corrected chi connectivity index (χ3v) is 5.31. The number of ketones is 2. The maximum Gasteiger partial charge on any atom is 0.166 e. The summed E-state index contributed by atoms with van der Waals surface area (Å²) in [7, 11) is 0. The van der Waals surface area contributed by atoms with Gasteiger partial charge in [-0.2, -0.15) is 0 Å². The minimum absolute atomic E-state index is 0.0325. The molecular weight excluding hydrogens is 272 g/mol. The molecule has 0 aromatic heterocycles. The van der Waals surface area contributed by atoms with E-state index in [1.807, 2.05) is 48.5 Å². The minimum Gasteiger partial charge on any atom is -0.299 e. The Morgan fingerprint density at radius 1 is 0.909 bits per heavy atom. The molecule has 2 heteroatoms. The zero-order valence-corrected chi connectivity index (χ0v) is 12.3. The van der Waals surface area contributed by atoms with Crippen LogP contribution < -0.4 is 0 Å². The molecule has 0 N–H and O–H groups in total. The molecule has 0 aliphatic heterocycles. The Balaban J connectivity index is 1.74. The molecule has 2 saturated carbocycles. The molecule has 22 heavy (non-hydrogen) atoms. The molecule has 2 aromatic rings. The number of carbonyl (C=O) groups is 2. The van der Waals surface area contributed by atoms with E-state index in [-0.39, 0.29) is 29.5 Å². The van der Waals surface area contributed by atoms with Gasteiger partial charge in [0.2, 0.25) is 0 Å². The van der Waals surface area contributed by atoms with Gasteiger partial charge in [-0.25, -0.2) is 0 Å². The first-order valence-corrected chi connectivity index (χ1v) is 7.92. The fraction of sp³-hybridized carbons (Fsp3) is 0.300. The van der Waals surface area contributed by atoms with Crippen LogP contribution >= 0.6 is 0 Å². The number of carbonyl (C=O) groups excluding carboxylic acids is 2. The molecule has 2 aliphatic rings. The Morgan fingerprint density at radius 3 is 2.23 bits per heavy atom. The molecule has 2 aromatic carbocycles. The first-order chi connectivity index (χ1) is 10.8. The van der Waals surface area contributed by atoms with Gasteiger partial charge < -0.3 is 0 Å². The lowest BCUT2D eigenvalue weighted by molar-refractivity contribution is -0.122. The lowest BCUT2D eigenvalue weighted by Gasteiger charge is -2.29. The monoisotopic (exact) mass is 290 g/mol. The zero-order chi connectivity index (χ0) is 15.1. The number of fused-ring (bicyclic) bond motifs is 2. The van der Waals surface area contributed by atoms with Crippen LogP contribution in [0.25, 0.3) is 0 Å². The van der Waals surface area contributed by atoms with Crippen molar-refractivity contribution in [1.29, 1.82) is 0 Å². The molecule has 0 heterocycles. The van der Waals surface area contributed by atoms with Crippen molar-refractivity contribution in [2.45, 2.75) is 18.8 Å². The zero-order valence-electron chi connectivity index (χ0n) is 12.3. The molecule has 2 nitrogen and oxygen atoms in total. The van der Waals surface area contributed by atoms with Crippen LogP contribution in [0.5, 0.6) is 0 Å². The van der Waals surface area contributed by atoms with Crippen molar-refractivity contribution in [3.8, 4) is 0 Å². The smallest absolute Gasteiger partial charge is 0.166 e. The van der Waals surface area contributed by atoms with Gasteiger partial charge in [0.1, 0.15) is 5.78 Å². The van der Waals surface area contributed by atoms with Crippen molar-refractivity contribution in [3.05, 3.63) is 71.8 Å². The van der Waals surface area contributed by atoms with E-state index >= 15 is 0 Å². The van der Waals surface area contributed by atoms with Crippen LogP contribution in [0.4, 0.5) is 0 Å². The Morgan fingerprint density at radius 2 is 1.55 bits per heavy atom. The summed E-state index contributed by atoms with van der Waals surface area (Å²) in [5, 5.41) is 0. The summed E-state index contributed by atoms with van der Waals surface area (Å²) >= 11 is 0. The Bertz CT molecular complexity index is 705. The second-order valence-electron chi connectivity index (χ2n) is 6.47. The molecular formula is C20H18O2. The van der Waals surface area contributed by atoms with Crippen molar-refractivity contribution < 1.29 is 9.59 Å². The quantitative estimate of drug-likeness (QED) is 0.804. The molecule has 110 valence electrons. The summed E-state index contributed by atoms with van der Waals surface area (Å²) in [5.74, 6) is 0.804. The van der Waals surface area contributed by atoms with Crippen molar-refractivity contribution in [2.24, 2.45) is 17.8 Å². The van der Waals surface area contributed by atoms with Crippen molar-refractivity contribution in [1.82, 2.24) is 0 Å². The van der Waals surface area contributed by atoms with Gasteiger partial charge in [-0.15, -0.1) is 0 Å².